The Bertz CT molecular complexity index is 1080. The molecule has 7 heteroatoms. The van der Waals surface area contributed by atoms with Gasteiger partial charge in [-0.25, -0.2) is 14.8 Å². The van der Waals surface area contributed by atoms with Crippen molar-refractivity contribution in [1.29, 1.82) is 0 Å². The molecule has 0 atom stereocenters. The van der Waals surface area contributed by atoms with Crippen molar-refractivity contribution in [3.8, 4) is 16.3 Å². The van der Waals surface area contributed by atoms with Gasteiger partial charge in [0.1, 0.15) is 10.8 Å². The molecule has 5 rings (SSSR count). The minimum absolute atomic E-state index is 0.325. The maximum absolute atomic E-state index is 12.0. The Labute approximate surface area is 179 Å². The van der Waals surface area contributed by atoms with Crippen molar-refractivity contribution >= 4 is 23.1 Å². The molecular formula is C23H23N3O3S. The van der Waals surface area contributed by atoms with Gasteiger partial charge in [-0.2, -0.15) is 0 Å². The molecule has 1 aromatic heterocycles. The smallest absolute Gasteiger partial charge is 0.428 e. The number of fused-ring (bicyclic) bond motifs is 1. The van der Waals surface area contributed by atoms with Crippen LogP contribution in [0.5, 0.6) is 5.75 Å². The number of carbonyl (C=O) groups excluding carboxylic acids is 1. The standard InChI is InChI=1S/C23H23N3O3S/c1-28-23(27)26-10-3-9-25(26)20-5-2-4-18(14-20)22-24-19(15-30-22)13-16-6-7-21-17(12-16)8-11-29-21/h2,4-7,12,14-15H,3,8-11,13H2,1H3. The highest BCUT2D eigenvalue weighted by molar-refractivity contribution is 7.13. The lowest BCUT2D eigenvalue weighted by Crippen LogP contribution is -2.41. The van der Waals surface area contributed by atoms with E-state index < -0.39 is 0 Å². The van der Waals surface area contributed by atoms with Crippen LogP contribution in [0.4, 0.5) is 10.5 Å². The van der Waals surface area contributed by atoms with Crippen molar-refractivity contribution in [3.05, 3.63) is 64.7 Å². The third kappa shape index (κ3) is 3.61. The topological polar surface area (TPSA) is 54.9 Å². The molecule has 3 aromatic rings. The number of benzene rings is 2. The fourth-order valence-electron chi connectivity index (χ4n) is 4.05. The van der Waals surface area contributed by atoms with E-state index in [0.717, 1.165) is 60.1 Å². The minimum atomic E-state index is -0.325. The number of anilines is 1. The first-order valence-electron chi connectivity index (χ1n) is 10.1. The summed E-state index contributed by atoms with van der Waals surface area (Å²) < 4.78 is 10.5. The number of carbonyl (C=O) groups is 1. The van der Waals surface area contributed by atoms with Crippen molar-refractivity contribution in [1.82, 2.24) is 9.99 Å². The predicted octanol–water partition coefficient (Wildman–Crippen LogP) is 4.53. The van der Waals surface area contributed by atoms with E-state index >= 15 is 0 Å². The van der Waals surface area contributed by atoms with E-state index in [4.69, 9.17) is 14.5 Å². The van der Waals surface area contributed by atoms with E-state index in [2.05, 4.69) is 35.7 Å². The Morgan fingerprint density at radius 2 is 2.17 bits per heavy atom. The molecule has 3 heterocycles. The second-order valence-corrected chi connectivity index (χ2v) is 8.34. The van der Waals surface area contributed by atoms with E-state index in [9.17, 15) is 4.79 Å². The van der Waals surface area contributed by atoms with Crippen molar-refractivity contribution < 1.29 is 14.3 Å². The number of methoxy groups -OCH3 is 1. The van der Waals surface area contributed by atoms with Gasteiger partial charge in [0.2, 0.25) is 0 Å². The molecule has 2 aromatic carbocycles. The summed E-state index contributed by atoms with van der Waals surface area (Å²) in [5.41, 5.74) is 5.65. The first-order chi connectivity index (χ1) is 14.7. The van der Waals surface area contributed by atoms with Gasteiger partial charge in [-0.1, -0.05) is 24.3 Å². The fourth-order valence-corrected chi connectivity index (χ4v) is 4.87. The lowest BCUT2D eigenvalue weighted by atomic mass is 10.1. The van der Waals surface area contributed by atoms with Gasteiger partial charge in [0.25, 0.3) is 0 Å². The van der Waals surface area contributed by atoms with Crippen LogP contribution in [0.15, 0.2) is 47.8 Å². The second-order valence-electron chi connectivity index (χ2n) is 7.48. The van der Waals surface area contributed by atoms with Crippen LogP contribution in [-0.2, 0) is 17.6 Å². The highest BCUT2D eigenvalue weighted by Gasteiger charge is 2.28. The summed E-state index contributed by atoms with van der Waals surface area (Å²) >= 11 is 1.65. The van der Waals surface area contributed by atoms with Crippen molar-refractivity contribution in [2.75, 3.05) is 31.8 Å². The van der Waals surface area contributed by atoms with Gasteiger partial charge in [0.15, 0.2) is 0 Å². The summed E-state index contributed by atoms with van der Waals surface area (Å²) in [4.78, 5) is 16.9. The zero-order valence-electron chi connectivity index (χ0n) is 16.8. The van der Waals surface area contributed by atoms with Crippen LogP contribution in [0.2, 0.25) is 0 Å². The van der Waals surface area contributed by atoms with Crippen LogP contribution in [0.25, 0.3) is 10.6 Å². The number of amides is 1. The average Bonchev–Trinajstić information content (AvgIpc) is 3.53. The van der Waals surface area contributed by atoms with Crippen LogP contribution in [0.3, 0.4) is 0 Å². The van der Waals surface area contributed by atoms with E-state index in [0.29, 0.717) is 6.54 Å². The SMILES string of the molecule is COC(=O)N1CCCN1c1cccc(-c2nc(Cc3ccc4c(c3)CCO4)cs2)c1. The summed E-state index contributed by atoms with van der Waals surface area (Å²) in [6.07, 6.45) is 2.39. The first-order valence-corrected chi connectivity index (χ1v) is 11.0. The zero-order chi connectivity index (χ0) is 20.5. The molecule has 0 bridgehead atoms. The average molecular weight is 422 g/mol. The predicted molar refractivity (Wildman–Crippen MR) is 117 cm³/mol. The molecule has 2 aliphatic rings. The number of thiazole rings is 1. The minimum Gasteiger partial charge on any atom is -0.493 e. The number of hydrogen-bond acceptors (Lipinski definition) is 6. The molecular weight excluding hydrogens is 398 g/mol. The van der Waals surface area contributed by atoms with Gasteiger partial charge in [0, 0.05) is 36.9 Å². The Hall–Kier alpha value is -3.06. The fraction of sp³-hybridized carbons (Fsp3) is 0.304. The molecule has 1 saturated heterocycles. The van der Waals surface area contributed by atoms with E-state index in [-0.39, 0.29) is 6.09 Å². The Kier molecular flexibility index (Phi) is 5.04. The van der Waals surface area contributed by atoms with Gasteiger partial charge in [-0.05, 0) is 35.7 Å². The van der Waals surface area contributed by atoms with E-state index in [1.54, 1.807) is 16.3 Å². The van der Waals surface area contributed by atoms with E-state index in [1.807, 2.05) is 17.1 Å². The number of aromatic nitrogens is 1. The lowest BCUT2D eigenvalue weighted by Gasteiger charge is -2.28. The third-order valence-electron chi connectivity index (χ3n) is 5.50. The number of hydrogen-bond donors (Lipinski definition) is 0. The quantitative estimate of drug-likeness (QED) is 0.620. The molecule has 0 saturated carbocycles. The highest BCUT2D eigenvalue weighted by atomic mass is 32.1. The monoisotopic (exact) mass is 421 g/mol. The molecule has 0 radical (unpaired) electrons. The molecule has 0 N–H and O–H groups in total. The number of ether oxygens (including phenoxy) is 2. The maximum atomic E-state index is 12.0. The van der Waals surface area contributed by atoms with Gasteiger partial charge in [-0.15, -0.1) is 11.3 Å². The van der Waals surface area contributed by atoms with Crippen LogP contribution in [0, 0.1) is 0 Å². The summed E-state index contributed by atoms with van der Waals surface area (Å²) in [7, 11) is 1.42. The van der Waals surface area contributed by atoms with E-state index in [1.165, 1.54) is 18.2 Å². The first kappa shape index (κ1) is 18.9. The van der Waals surface area contributed by atoms with Crippen molar-refractivity contribution in [2.24, 2.45) is 0 Å². The molecule has 0 aliphatic carbocycles. The molecule has 0 unspecified atom stereocenters. The van der Waals surface area contributed by atoms with Crippen LogP contribution in [0.1, 0.15) is 23.2 Å². The lowest BCUT2D eigenvalue weighted by molar-refractivity contribution is 0.129. The maximum Gasteiger partial charge on any atom is 0.428 e. The van der Waals surface area contributed by atoms with Crippen LogP contribution >= 0.6 is 11.3 Å². The Morgan fingerprint density at radius 3 is 3.07 bits per heavy atom. The molecule has 2 aliphatic heterocycles. The number of hydrazine groups is 1. The van der Waals surface area contributed by atoms with Crippen LogP contribution < -0.4 is 9.75 Å². The van der Waals surface area contributed by atoms with Gasteiger partial charge >= 0.3 is 6.09 Å². The van der Waals surface area contributed by atoms with Crippen molar-refractivity contribution in [3.63, 3.8) is 0 Å². The second kappa shape index (κ2) is 7.99. The molecule has 30 heavy (non-hydrogen) atoms. The number of rotatable bonds is 4. The summed E-state index contributed by atoms with van der Waals surface area (Å²) in [5, 5.41) is 6.75. The highest BCUT2D eigenvalue weighted by Crippen LogP contribution is 2.31. The molecule has 0 spiro atoms. The molecule has 154 valence electrons. The molecule has 1 fully saturated rings. The third-order valence-corrected chi connectivity index (χ3v) is 6.44. The summed E-state index contributed by atoms with van der Waals surface area (Å²) in [6, 6.07) is 14.6. The van der Waals surface area contributed by atoms with Gasteiger partial charge in [-0.3, -0.25) is 5.01 Å². The largest absolute Gasteiger partial charge is 0.493 e. The van der Waals surface area contributed by atoms with Gasteiger partial charge < -0.3 is 9.47 Å². The van der Waals surface area contributed by atoms with Crippen molar-refractivity contribution in [2.45, 2.75) is 19.3 Å². The number of nitrogens with zero attached hydrogens (tertiary/aromatic N) is 3. The normalized spacial score (nSPS) is 15.2. The molecule has 1 amide bonds. The summed E-state index contributed by atoms with van der Waals surface area (Å²) in [5.74, 6) is 1.01. The Morgan fingerprint density at radius 1 is 1.23 bits per heavy atom. The zero-order valence-corrected chi connectivity index (χ0v) is 17.7. The van der Waals surface area contributed by atoms with Crippen LogP contribution in [-0.4, -0.2) is 42.9 Å². The Balaban J connectivity index is 1.35. The summed E-state index contributed by atoms with van der Waals surface area (Å²) in [6.45, 7) is 2.24. The van der Waals surface area contributed by atoms with Gasteiger partial charge in [0.05, 0.1) is 25.1 Å². The molecule has 6 nitrogen and oxygen atoms in total.